The van der Waals surface area contributed by atoms with Crippen LogP contribution in [0.25, 0.3) is 11.1 Å². The zero-order valence-electron chi connectivity index (χ0n) is 24.2. The van der Waals surface area contributed by atoms with E-state index in [4.69, 9.17) is 30.4 Å². The Morgan fingerprint density at radius 2 is 2.00 bits per heavy atom. The van der Waals surface area contributed by atoms with Crippen molar-refractivity contribution in [3.8, 4) is 0 Å². The van der Waals surface area contributed by atoms with Crippen molar-refractivity contribution in [3.05, 3.63) is 33.6 Å². The molecular weight excluding hydrogens is 590 g/mol. The Labute approximate surface area is 250 Å². The van der Waals surface area contributed by atoms with Crippen LogP contribution in [0.1, 0.15) is 58.7 Å². The van der Waals surface area contributed by atoms with E-state index >= 15 is 0 Å². The topological polar surface area (TPSA) is 109 Å². The number of carbonyl (C=O) groups is 1. The van der Waals surface area contributed by atoms with E-state index in [1.807, 2.05) is 6.92 Å². The molecular formula is C29H40BrN7O2S. The number of aliphatic imine (C=N–C) groups is 2. The van der Waals surface area contributed by atoms with Crippen molar-refractivity contribution < 1.29 is 9.53 Å². The van der Waals surface area contributed by atoms with Gasteiger partial charge < -0.3 is 20.3 Å². The smallest absolute Gasteiger partial charge is 0.269 e. The fourth-order valence-corrected chi connectivity index (χ4v) is 5.95. The second kappa shape index (κ2) is 13.9. The van der Waals surface area contributed by atoms with Gasteiger partial charge in [-0.25, -0.2) is 9.97 Å². The first kappa shape index (κ1) is 30.5. The molecule has 40 heavy (non-hydrogen) atoms. The lowest BCUT2D eigenvalue weighted by Gasteiger charge is -2.30. The SMILES string of the molecule is C/C=C1\C(=NC(C)CC)C(Br)=C(C)c2nc(SCC)nc(N3CCCN=C(/C=C(\N)C(=O)N4CCOCC4)C3)c21. The summed E-state index contributed by atoms with van der Waals surface area (Å²) in [5.74, 6) is 1.57. The third-order valence-electron chi connectivity index (χ3n) is 7.21. The maximum Gasteiger partial charge on any atom is 0.269 e. The lowest BCUT2D eigenvalue weighted by atomic mass is 9.89. The molecule has 0 radical (unpaired) electrons. The molecule has 1 atom stereocenters. The van der Waals surface area contributed by atoms with E-state index in [0.29, 0.717) is 39.4 Å². The molecule has 0 spiro atoms. The van der Waals surface area contributed by atoms with Gasteiger partial charge in [-0.05, 0) is 66.9 Å². The van der Waals surface area contributed by atoms with Crippen molar-refractivity contribution in [3.63, 3.8) is 0 Å². The van der Waals surface area contributed by atoms with Crippen LogP contribution in [-0.4, -0.2) is 89.9 Å². The maximum atomic E-state index is 13.0. The summed E-state index contributed by atoms with van der Waals surface area (Å²) in [7, 11) is 0. The number of nitrogens with zero attached hydrogens (tertiary/aromatic N) is 6. The number of aromatic nitrogens is 2. The average molecular weight is 631 g/mol. The number of fused-ring (bicyclic) bond motifs is 1. The van der Waals surface area contributed by atoms with E-state index in [-0.39, 0.29) is 17.6 Å². The summed E-state index contributed by atoms with van der Waals surface area (Å²) in [5.41, 5.74) is 12.2. The summed E-state index contributed by atoms with van der Waals surface area (Å²) >= 11 is 5.48. The van der Waals surface area contributed by atoms with E-state index in [1.54, 1.807) is 22.7 Å². The molecule has 3 heterocycles. The first-order valence-corrected chi connectivity index (χ1v) is 15.9. The number of allylic oxidation sites excluding steroid dienone is 4. The largest absolute Gasteiger partial charge is 0.394 e. The number of carbonyl (C=O) groups excluding carboxylic acids is 1. The van der Waals surface area contributed by atoms with Gasteiger partial charge in [-0.2, -0.15) is 0 Å². The molecule has 0 bridgehead atoms. The zero-order valence-corrected chi connectivity index (χ0v) is 26.6. The van der Waals surface area contributed by atoms with E-state index in [0.717, 1.165) is 74.4 Å². The molecule has 1 aromatic heterocycles. The number of rotatable bonds is 7. The molecule has 4 rings (SSSR count). The summed E-state index contributed by atoms with van der Waals surface area (Å²) < 4.78 is 6.35. The van der Waals surface area contributed by atoms with Gasteiger partial charge in [0.15, 0.2) is 5.16 Å². The Hall–Kier alpha value is -2.50. The molecule has 2 N–H and O–H groups in total. The van der Waals surface area contributed by atoms with Crippen molar-refractivity contribution in [1.82, 2.24) is 14.9 Å². The van der Waals surface area contributed by atoms with Gasteiger partial charge in [0.25, 0.3) is 5.91 Å². The van der Waals surface area contributed by atoms with Crippen LogP contribution in [0.15, 0.2) is 37.5 Å². The van der Waals surface area contributed by atoms with Crippen LogP contribution < -0.4 is 10.6 Å². The molecule has 1 aliphatic carbocycles. The number of hydrogen-bond donors (Lipinski definition) is 1. The van der Waals surface area contributed by atoms with Crippen molar-refractivity contribution >= 4 is 62.0 Å². The zero-order chi connectivity index (χ0) is 28.8. The highest BCUT2D eigenvalue weighted by atomic mass is 79.9. The van der Waals surface area contributed by atoms with Gasteiger partial charge in [0.05, 0.1) is 48.1 Å². The van der Waals surface area contributed by atoms with Crippen LogP contribution in [0.4, 0.5) is 5.82 Å². The van der Waals surface area contributed by atoms with Gasteiger partial charge in [0.2, 0.25) is 0 Å². The van der Waals surface area contributed by atoms with E-state index in [9.17, 15) is 4.79 Å². The number of thioether (sulfide) groups is 1. The number of halogens is 1. The minimum atomic E-state index is -0.171. The summed E-state index contributed by atoms with van der Waals surface area (Å²) in [6, 6.07) is 0.181. The fourth-order valence-electron chi connectivity index (χ4n) is 4.88. The summed E-state index contributed by atoms with van der Waals surface area (Å²) in [6.45, 7) is 14.6. The van der Waals surface area contributed by atoms with Crippen LogP contribution in [0.3, 0.4) is 0 Å². The van der Waals surface area contributed by atoms with Gasteiger partial charge in [0, 0.05) is 42.3 Å². The fraction of sp³-hybridized carbons (Fsp3) is 0.552. The summed E-state index contributed by atoms with van der Waals surface area (Å²) in [4.78, 5) is 36.9. The first-order chi connectivity index (χ1) is 19.3. The van der Waals surface area contributed by atoms with E-state index in [1.165, 1.54) is 0 Å². The maximum absolute atomic E-state index is 13.0. The summed E-state index contributed by atoms with van der Waals surface area (Å²) in [5, 5.41) is 0.744. The molecule has 1 fully saturated rings. The molecule has 3 aliphatic rings. The first-order valence-electron chi connectivity index (χ1n) is 14.1. The third-order valence-corrected chi connectivity index (χ3v) is 8.91. The van der Waals surface area contributed by atoms with Crippen LogP contribution in [-0.2, 0) is 9.53 Å². The van der Waals surface area contributed by atoms with Gasteiger partial charge >= 0.3 is 0 Å². The van der Waals surface area contributed by atoms with Crippen LogP contribution in [0.5, 0.6) is 0 Å². The standard InChI is InChI=1S/C29H40BrN7O2S/c1-6-18(4)33-26-21(7-2)23-25(19(5)24(26)30)34-29(40-8-3)35-27(23)37-11-9-10-32-20(17-37)16-22(31)28(38)36-12-14-39-15-13-36/h7,16,18H,6,8-15,17,31H2,1-5H3/b21-7-,22-16-,33-26?. The Morgan fingerprint density at radius 3 is 2.67 bits per heavy atom. The molecule has 1 aromatic rings. The lowest BCUT2D eigenvalue weighted by molar-refractivity contribution is -0.131. The Kier molecular flexibility index (Phi) is 10.6. The van der Waals surface area contributed by atoms with Crippen LogP contribution in [0, 0.1) is 0 Å². The van der Waals surface area contributed by atoms with Gasteiger partial charge in [-0.3, -0.25) is 14.8 Å². The molecule has 2 aliphatic heterocycles. The monoisotopic (exact) mass is 629 g/mol. The minimum absolute atomic E-state index is 0.171. The van der Waals surface area contributed by atoms with Gasteiger partial charge in [-0.1, -0.05) is 31.7 Å². The second-order valence-electron chi connectivity index (χ2n) is 10.0. The minimum Gasteiger partial charge on any atom is -0.394 e. The molecule has 0 aromatic carbocycles. The Morgan fingerprint density at radius 1 is 1.25 bits per heavy atom. The predicted molar refractivity (Wildman–Crippen MR) is 170 cm³/mol. The van der Waals surface area contributed by atoms with Gasteiger partial charge in [0.1, 0.15) is 5.82 Å². The highest BCUT2D eigenvalue weighted by molar-refractivity contribution is 9.12. The second-order valence-corrected chi connectivity index (χ2v) is 12.0. The van der Waals surface area contributed by atoms with Crippen LogP contribution in [0.2, 0.25) is 0 Å². The normalized spacial score (nSPS) is 21.4. The molecule has 1 amide bonds. The molecule has 0 saturated carbocycles. The Bertz CT molecular complexity index is 1280. The molecule has 216 valence electrons. The third kappa shape index (κ3) is 6.69. The molecule has 1 saturated heterocycles. The van der Waals surface area contributed by atoms with E-state index in [2.05, 4.69) is 54.6 Å². The number of ether oxygens (including phenoxy) is 1. The quantitative estimate of drug-likeness (QED) is 0.264. The van der Waals surface area contributed by atoms with Crippen molar-refractivity contribution in [2.24, 2.45) is 15.7 Å². The van der Waals surface area contributed by atoms with Crippen molar-refractivity contribution in [2.45, 2.75) is 58.7 Å². The number of amides is 1. The number of hydrogen-bond acceptors (Lipinski definition) is 9. The number of nitrogens with two attached hydrogens (primary N) is 1. The van der Waals surface area contributed by atoms with E-state index < -0.39 is 0 Å². The van der Waals surface area contributed by atoms with Crippen molar-refractivity contribution in [2.75, 3.05) is 56.6 Å². The van der Waals surface area contributed by atoms with Crippen LogP contribution >= 0.6 is 27.7 Å². The summed E-state index contributed by atoms with van der Waals surface area (Å²) in [6.07, 6.45) is 5.66. The number of morpholine rings is 1. The Balaban J connectivity index is 1.77. The molecule has 1 unspecified atom stereocenters. The lowest BCUT2D eigenvalue weighted by Crippen LogP contribution is -2.43. The molecule has 9 nitrogen and oxygen atoms in total. The predicted octanol–water partition coefficient (Wildman–Crippen LogP) is 4.72. The number of anilines is 1. The average Bonchev–Trinajstić information content (AvgIpc) is 3.21. The van der Waals surface area contributed by atoms with Crippen molar-refractivity contribution in [1.29, 1.82) is 0 Å². The highest BCUT2D eigenvalue weighted by Gasteiger charge is 2.32. The molecule has 11 heteroatoms. The van der Waals surface area contributed by atoms with Gasteiger partial charge in [-0.15, -0.1) is 0 Å². The highest BCUT2D eigenvalue weighted by Crippen LogP contribution is 2.43.